The van der Waals surface area contributed by atoms with Crippen LogP contribution < -0.4 is 0 Å². The van der Waals surface area contributed by atoms with E-state index in [9.17, 15) is 5.26 Å². The molecule has 2 aromatic heterocycles. The van der Waals surface area contributed by atoms with E-state index >= 15 is 0 Å². The molecule has 0 aliphatic heterocycles. The first kappa shape index (κ1) is 44.6. The van der Waals surface area contributed by atoms with Crippen LogP contribution in [0.4, 0.5) is 0 Å². The number of aryl methyl sites for hydroxylation is 12. The van der Waals surface area contributed by atoms with E-state index in [2.05, 4.69) is 238 Å². The van der Waals surface area contributed by atoms with Crippen LogP contribution in [0.25, 0.3) is 99.5 Å². The van der Waals surface area contributed by atoms with Gasteiger partial charge in [-0.3, -0.25) is 0 Å². The summed E-state index contributed by atoms with van der Waals surface area (Å²) in [6.07, 6.45) is 0. The van der Waals surface area contributed by atoms with Crippen molar-refractivity contribution >= 4 is 43.6 Å². The fourth-order valence-corrected chi connectivity index (χ4v) is 12.7. The van der Waals surface area contributed by atoms with Crippen LogP contribution in [0.5, 0.6) is 0 Å². The van der Waals surface area contributed by atoms with E-state index in [0.29, 0.717) is 5.56 Å². The van der Waals surface area contributed by atoms with Crippen LogP contribution in [-0.4, -0.2) is 9.13 Å². The fraction of sp³-hybridized carbons (Fsp3) is 0.179. The number of fused-ring (bicyclic) bond motifs is 6. The van der Waals surface area contributed by atoms with Crippen LogP contribution >= 0.6 is 0 Å². The highest BCUT2D eigenvalue weighted by molar-refractivity contribution is 6.13. The Bertz CT molecular complexity index is 3730. The average molecular weight is 906 g/mol. The number of nitrogens with zero attached hydrogens (tertiary/aromatic N) is 3. The van der Waals surface area contributed by atoms with E-state index in [0.717, 1.165) is 33.4 Å². The predicted octanol–water partition coefficient (Wildman–Crippen LogP) is 18.1. The molecule has 11 rings (SSSR count). The summed E-state index contributed by atoms with van der Waals surface area (Å²) in [5, 5.41) is 15.7. The van der Waals surface area contributed by atoms with Gasteiger partial charge in [0, 0.05) is 32.9 Å². The summed E-state index contributed by atoms with van der Waals surface area (Å²) in [5.41, 5.74) is 32.0. The van der Waals surface area contributed by atoms with Gasteiger partial charge >= 0.3 is 0 Å². The van der Waals surface area contributed by atoms with Crippen molar-refractivity contribution in [2.45, 2.75) is 83.1 Å². The van der Waals surface area contributed by atoms with Gasteiger partial charge < -0.3 is 9.13 Å². The summed E-state index contributed by atoms with van der Waals surface area (Å²) in [6.45, 7) is 26.5. The van der Waals surface area contributed by atoms with Crippen molar-refractivity contribution in [3.63, 3.8) is 0 Å². The number of hydrogen-bond donors (Lipinski definition) is 0. The van der Waals surface area contributed by atoms with Crippen molar-refractivity contribution in [3.05, 3.63) is 212 Å². The van der Waals surface area contributed by atoms with Gasteiger partial charge in [-0.2, -0.15) is 5.26 Å². The molecule has 0 bridgehead atoms. The lowest BCUT2D eigenvalue weighted by molar-refractivity contribution is 1.13. The van der Waals surface area contributed by atoms with Crippen LogP contribution in [0.2, 0.25) is 0 Å². The van der Waals surface area contributed by atoms with Gasteiger partial charge in [0.15, 0.2) is 0 Å². The van der Waals surface area contributed by atoms with Crippen molar-refractivity contribution in [3.8, 4) is 62.0 Å². The lowest BCUT2D eigenvalue weighted by Gasteiger charge is -2.16. The van der Waals surface area contributed by atoms with Crippen LogP contribution in [0.1, 0.15) is 72.3 Å². The Morgan fingerprint density at radius 3 is 0.871 bits per heavy atom. The molecule has 0 radical (unpaired) electrons. The molecule has 0 unspecified atom stereocenters. The predicted molar refractivity (Wildman–Crippen MR) is 298 cm³/mol. The summed E-state index contributed by atoms with van der Waals surface area (Å²) >= 11 is 0. The molecule has 0 spiro atoms. The minimum absolute atomic E-state index is 0.602. The molecule has 0 saturated heterocycles. The molecule has 2 heterocycles. The molecular formula is C67H59N3. The Morgan fingerprint density at radius 1 is 0.286 bits per heavy atom. The Hall–Kier alpha value is -7.93. The van der Waals surface area contributed by atoms with E-state index in [1.807, 2.05) is 0 Å². The molecule has 342 valence electrons. The normalized spacial score (nSPS) is 11.7. The molecule has 0 saturated carbocycles. The highest BCUT2D eigenvalue weighted by Crippen LogP contribution is 2.43. The second-order valence-electron chi connectivity index (χ2n) is 20.5. The first-order chi connectivity index (χ1) is 33.6. The van der Waals surface area contributed by atoms with E-state index < -0.39 is 0 Å². The van der Waals surface area contributed by atoms with Crippen molar-refractivity contribution < 1.29 is 0 Å². The van der Waals surface area contributed by atoms with Gasteiger partial charge in [0.05, 0.1) is 33.7 Å². The second kappa shape index (κ2) is 16.6. The van der Waals surface area contributed by atoms with Gasteiger partial charge in [-0.1, -0.05) is 107 Å². The molecule has 11 aromatic rings. The third-order valence-corrected chi connectivity index (χ3v) is 14.9. The van der Waals surface area contributed by atoms with Crippen LogP contribution in [0.3, 0.4) is 0 Å². The molecule has 9 aromatic carbocycles. The minimum Gasteiger partial charge on any atom is -0.309 e. The Labute approximate surface area is 412 Å². The molecule has 0 amide bonds. The average Bonchev–Trinajstić information content (AvgIpc) is 3.79. The number of benzene rings is 9. The minimum atomic E-state index is 0.602. The molecule has 0 N–H and O–H groups in total. The van der Waals surface area contributed by atoms with Crippen molar-refractivity contribution in [2.24, 2.45) is 0 Å². The number of hydrogen-bond acceptors (Lipinski definition) is 1. The third-order valence-electron chi connectivity index (χ3n) is 14.9. The molecule has 3 heteroatoms. The number of aromatic nitrogens is 2. The van der Waals surface area contributed by atoms with Crippen LogP contribution in [-0.2, 0) is 0 Å². The molecular weight excluding hydrogens is 847 g/mol. The van der Waals surface area contributed by atoms with E-state index in [1.165, 1.54) is 133 Å². The van der Waals surface area contributed by atoms with Gasteiger partial charge in [-0.05, 0) is 227 Å². The molecule has 0 atom stereocenters. The van der Waals surface area contributed by atoms with Crippen LogP contribution in [0, 0.1) is 94.4 Å². The van der Waals surface area contributed by atoms with Gasteiger partial charge in [-0.25, -0.2) is 0 Å². The highest BCUT2D eigenvalue weighted by Gasteiger charge is 2.22. The fourth-order valence-electron chi connectivity index (χ4n) is 12.7. The summed E-state index contributed by atoms with van der Waals surface area (Å²) in [4.78, 5) is 0. The first-order valence-corrected chi connectivity index (χ1v) is 24.6. The van der Waals surface area contributed by atoms with Gasteiger partial charge in [0.2, 0.25) is 0 Å². The molecule has 0 fully saturated rings. The Balaban J connectivity index is 1.21. The zero-order valence-electron chi connectivity index (χ0n) is 42.6. The SMILES string of the molecule is Cc1cc(C)c(-c2ccc3c(c2)c2ccc(-c4c(C)cc(C)cc4C)cc2n3-c2cc(C#N)cc(-n3c4ccc(-c5c(C)cc(C)cc5C)cc4c4ccc(-c5c(C)cc(C)cc5C)cc43)c2)c(C)c1. The molecule has 70 heavy (non-hydrogen) atoms. The maximum absolute atomic E-state index is 11.0. The first-order valence-electron chi connectivity index (χ1n) is 24.6. The Morgan fingerprint density at radius 2 is 0.571 bits per heavy atom. The van der Waals surface area contributed by atoms with E-state index in [1.54, 1.807) is 0 Å². The zero-order valence-corrected chi connectivity index (χ0v) is 42.6. The van der Waals surface area contributed by atoms with Crippen molar-refractivity contribution in [1.82, 2.24) is 9.13 Å². The van der Waals surface area contributed by atoms with Gasteiger partial charge in [-0.15, -0.1) is 0 Å². The van der Waals surface area contributed by atoms with Gasteiger partial charge in [0.25, 0.3) is 0 Å². The second-order valence-corrected chi connectivity index (χ2v) is 20.5. The maximum atomic E-state index is 11.0. The number of rotatable bonds is 6. The molecule has 0 aliphatic carbocycles. The topological polar surface area (TPSA) is 33.6 Å². The van der Waals surface area contributed by atoms with Crippen molar-refractivity contribution in [2.75, 3.05) is 0 Å². The van der Waals surface area contributed by atoms with Crippen LogP contribution in [0.15, 0.2) is 140 Å². The maximum Gasteiger partial charge on any atom is 0.0993 e. The monoisotopic (exact) mass is 905 g/mol. The smallest absolute Gasteiger partial charge is 0.0993 e. The van der Waals surface area contributed by atoms with Gasteiger partial charge in [0.1, 0.15) is 0 Å². The molecule has 0 aliphatic rings. The lowest BCUT2D eigenvalue weighted by atomic mass is 9.92. The summed E-state index contributed by atoms with van der Waals surface area (Å²) < 4.78 is 4.80. The standard InChI is InChI=1S/C67H59N3/c1-37-21-41(5)64(42(6)22-37)50-15-19-60-58(31-50)56-17-13-52(66-45(9)25-39(3)26-46(66)10)33-62(56)69(60)54-29-49(36-68)30-55(35-54)70-61-20-16-51(65-43(7)23-38(2)24-44(65)8)32-59(61)57-18-14-53(34-63(57)70)67-47(11)27-40(4)28-48(67)12/h13-35H,1-12H3. The van der Waals surface area contributed by atoms with Crippen molar-refractivity contribution in [1.29, 1.82) is 5.26 Å². The summed E-state index contributed by atoms with van der Waals surface area (Å²) in [7, 11) is 0. The third kappa shape index (κ3) is 7.25. The molecule has 3 nitrogen and oxygen atoms in total. The number of nitriles is 1. The largest absolute Gasteiger partial charge is 0.309 e. The summed E-state index contributed by atoms with van der Waals surface area (Å²) in [5.74, 6) is 0. The van der Waals surface area contributed by atoms with E-state index in [4.69, 9.17) is 0 Å². The summed E-state index contributed by atoms with van der Waals surface area (Å²) in [6, 6.07) is 55.2. The van der Waals surface area contributed by atoms with E-state index in [-0.39, 0.29) is 0 Å². The highest BCUT2D eigenvalue weighted by atomic mass is 15.0. The quantitative estimate of drug-likeness (QED) is 0.164. The Kier molecular flexibility index (Phi) is 10.6. The lowest BCUT2D eigenvalue weighted by Crippen LogP contribution is -2.01. The zero-order chi connectivity index (χ0) is 49.0.